The maximum Gasteiger partial charge on any atom is 0.272 e. The molecule has 1 aliphatic carbocycles. The Labute approximate surface area is 124 Å². The predicted octanol–water partition coefficient (Wildman–Crippen LogP) is 1.43. The number of nitrogens with zero attached hydrogens (tertiary/aromatic N) is 3. The molecule has 5 nitrogen and oxygen atoms in total. The fourth-order valence-electron chi connectivity index (χ4n) is 2.08. The van der Waals surface area contributed by atoms with Gasteiger partial charge < -0.3 is 15.5 Å². The molecule has 6 heteroatoms. The van der Waals surface area contributed by atoms with E-state index in [1.165, 1.54) is 17.7 Å². The van der Waals surface area contributed by atoms with Crippen LogP contribution in [0.2, 0.25) is 0 Å². The smallest absolute Gasteiger partial charge is 0.272 e. The molecule has 0 atom stereocenters. The molecule has 20 heavy (non-hydrogen) atoms. The molecule has 1 saturated carbocycles. The van der Waals surface area contributed by atoms with E-state index in [0.717, 1.165) is 12.2 Å². The minimum absolute atomic E-state index is 0.0862. The van der Waals surface area contributed by atoms with Crippen LogP contribution in [0.25, 0.3) is 0 Å². The van der Waals surface area contributed by atoms with Crippen molar-refractivity contribution in [1.29, 1.82) is 0 Å². The van der Waals surface area contributed by atoms with Crippen LogP contribution in [0.15, 0.2) is 18.3 Å². The second-order valence-corrected chi connectivity index (χ2v) is 5.76. The lowest BCUT2D eigenvalue weighted by atomic mass is 10.2. The second kappa shape index (κ2) is 6.17. The number of aromatic nitrogens is 1. The Kier molecular flexibility index (Phi) is 4.54. The molecule has 2 N–H and O–H groups in total. The molecule has 0 unspecified atom stereocenters. The van der Waals surface area contributed by atoms with E-state index >= 15 is 0 Å². The highest BCUT2D eigenvalue weighted by molar-refractivity contribution is 7.80. The van der Waals surface area contributed by atoms with Gasteiger partial charge in [-0.2, -0.15) is 0 Å². The molecule has 1 amide bonds. The van der Waals surface area contributed by atoms with Crippen LogP contribution < -0.4 is 10.6 Å². The molecule has 108 valence electrons. The molecular weight excluding hydrogens is 272 g/mol. The standard InChI is InChI=1S/C14H20N4OS/c1-17(2)14(19)12-9-11(5-7-16-12)18(10-3-4-10)8-6-13(15)20/h5,7,9-10H,3-4,6,8H2,1-2H3,(H2,15,20). The number of hydrogen-bond donors (Lipinski definition) is 1. The first-order valence-corrected chi connectivity index (χ1v) is 7.12. The molecule has 0 spiro atoms. The van der Waals surface area contributed by atoms with Crippen molar-refractivity contribution in [3.8, 4) is 0 Å². The zero-order valence-electron chi connectivity index (χ0n) is 11.9. The van der Waals surface area contributed by atoms with Gasteiger partial charge >= 0.3 is 0 Å². The SMILES string of the molecule is CN(C)C(=O)c1cc(N(CCC(N)=S)C2CC2)ccn1. The summed E-state index contributed by atoms with van der Waals surface area (Å²) in [4.78, 5) is 20.4. The largest absolute Gasteiger partial charge is 0.393 e. The van der Waals surface area contributed by atoms with E-state index in [9.17, 15) is 4.79 Å². The fraction of sp³-hybridized carbons (Fsp3) is 0.500. The van der Waals surface area contributed by atoms with Crippen molar-refractivity contribution in [2.45, 2.75) is 25.3 Å². The van der Waals surface area contributed by atoms with E-state index in [2.05, 4.69) is 9.88 Å². The number of carbonyl (C=O) groups excluding carboxylic acids is 1. The van der Waals surface area contributed by atoms with Gasteiger partial charge in [-0.1, -0.05) is 12.2 Å². The van der Waals surface area contributed by atoms with Gasteiger partial charge in [0.25, 0.3) is 5.91 Å². The van der Waals surface area contributed by atoms with Gasteiger partial charge in [0.05, 0.1) is 4.99 Å². The van der Waals surface area contributed by atoms with Crippen LogP contribution in [0.5, 0.6) is 0 Å². The van der Waals surface area contributed by atoms with Crippen LogP contribution in [0.3, 0.4) is 0 Å². The van der Waals surface area contributed by atoms with E-state index in [1.807, 2.05) is 12.1 Å². The van der Waals surface area contributed by atoms with Crippen LogP contribution in [0.4, 0.5) is 5.69 Å². The zero-order chi connectivity index (χ0) is 14.7. The molecule has 1 fully saturated rings. The maximum atomic E-state index is 12.0. The molecule has 0 aromatic carbocycles. The molecule has 2 rings (SSSR count). The van der Waals surface area contributed by atoms with Crippen LogP contribution in [-0.2, 0) is 0 Å². The lowest BCUT2D eigenvalue weighted by molar-refractivity contribution is 0.0822. The fourth-order valence-corrected chi connectivity index (χ4v) is 2.17. The monoisotopic (exact) mass is 292 g/mol. The van der Waals surface area contributed by atoms with E-state index < -0.39 is 0 Å². The van der Waals surface area contributed by atoms with Gasteiger partial charge in [0.2, 0.25) is 0 Å². The summed E-state index contributed by atoms with van der Waals surface area (Å²) in [6, 6.07) is 4.32. The van der Waals surface area contributed by atoms with Crippen molar-refractivity contribution in [2.24, 2.45) is 5.73 Å². The summed E-state index contributed by atoms with van der Waals surface area (Å²) in [7, 11) is 3.45. The topological polar surface area (TPSA) is 62.5 Å². The summed E-state index contributed by atoms with van der Waals surface area (Å²) in [5, 5.41) is 0. The molecule has 0 bridgehead atoms. The average Bonchev–Trinajstić information content (AvgIpc) is 3.22. The van der Waals surface area contributed by atoms with Crippen molar-refractivity contribution >= 4 is 28.8 Å². The van der Waals surface area contributed by atoms with Crippen molar-refractivity contribution in [2.75, 3.05) is 25.5 Å². The Morgan fingerprint density at radius 3 is 2.75 bits per heavy atom. The Morgan fingerprint density at radius 1 is 1.50 bits per heavy atom. The Balaban J connectivity index is 2.18. The summed E-state index contributed by atoms with van der Waals surface area (Å²) < 4.78 is 0. The normalized spacial score (nSPS) is 13.9. The Morgan fingerprint density at radius 2 is 2.20 bits per heavy atom. The third-order valence-corrected chi connectivity index (χ3v) is 3.49. The number of anilines is 1. The number of hydrogen-bond acceptors (Lipinski definition) is 4. The van der Waals surface area contributed by atoms with E-state index in [4.69, 9.17) is 18.0 Å². The number of pyridine rings is 1. The highest BCUT2D eigenvalue weighted by atomic mass is 32.1. The third-order valence-electron chi connectivity index (χ3n) is 3.29. The summed E-state index contributed by atoms with van der Waals surface area (Å²) in [6.07, 6.45) is 4.72. The van der Waals surface area contributed by atoms with Gasteiger partial charge in [-0.3, -0.25) is 9.78 Å². The molecule has 0 saturated heterocycles. The van der Waals surface area contributed by atoms with Crippen LogP contribution in [0, 0.1) is 0 Å². The number of thiocarbonyl (C=S) groups is 1. The third kappa shape index (κ3) is 3.66. The Hall–Kier alpha value is -1.69. The number of rotatable bonds is 6. The van der Waals surface area contributed by atoms with E-state index in [1.54, 1.807) is 20.3 Å². The first-order valence-electron chi connectivity index (χ1n) is 6.71. The summed E-state index contributed by atoms with van der Waals surface area (Å²) in [5.41, 5.74) is 7.07. The van der Waals surface area contributed by atoms with E-state index in [0.29, 0.717) is 23.1 Å². The van der Waals surface area contributed by atoms with E-state index in [-0.39, 0.29) is 5.91 Å². The second-order valence-electron chi connectivity index (χ2n) is 5.24. The van der Waals surface area contributed by atoms with Gasteiger partial charge in [0, 0.05) is 45.0 Å². The summed E-state index contributed by atoms with van der Waals surface area (Å²) in [5.74, 6) is -0.0862. The summed E-state index contributed by atoms with van der Waals surface area (Å²) in [6.45, 7) is 0.791. The van der Waals surface area contributed by atoms with Crippen molar-refractivity contribution < 1.29 is 4.79 Å². The van der Waals surface area contributed by atoms with Crippen LogP contribution >= 0.6 is 12.2 Å². The van der Waals surface area contributed by atoms with Gasteiger partial charge in [-0.15, -0.1) is 0 Å². The predicted molar refractivity (Wildman–Crippen MR) is 84.0 cm³/mol. The van der Waals surface area contributed by atoms with Gasteiger partial charge in [0.1, 0.15) is 5.69 Å². The molecule has 1 aromatic heterocycles. The zero-order valence-corrected chi connectivity index (χ0v) is 12.7. The highest BCUT2D eigenvalue weighted by Gasteiger charge is 2.29. The van der Waals surface area contributed by atoms with Crippen molar-refractivity contribution in [1.82, 2.24) is 9.88 Å². The van der Waals surface area contributed by atoms with Crippen molar-refractivity contribution in [3.05, 3.63) is 24.0 Å². The van der Waals surface area contributed by atoms with Crippen LogP contribution in [-0.4, -0.2) is 47.5 Å². The number of amides is 1. The highest BCUT2D eigenvalue weighted by Crippen LogP contribution is 2.31. The summed E-state index contributed by atoms with van der Waals surface area (Å²) >= 11 is 4.95. The maximum absolute atomic E-state index is 12.0. The van der Waals surface area contributed by atoms with Gasteiger partial charge in [-0.25, -0.2) is 0 Å². The minimum Gasteiger partial charge on any atom is -0.393 e. The first kappa shape index (κ1) is 14.7. The van der Waals surface area contributed by atoms with Gasteiger partial charge in [0.15, 0.2) is 0 Å². The van der Waals surface area contributed by atoms with Crippen LogP contribution in [0.1, 0.15) is 29.8 Å². The quantitative estimate of drug-likeness (QED) is 0.804. The van der Waals surface area contributed by atoms with Crippen molar-refractivity contribution in [3.63, 3.8) is 0 Å². The minimum atomic E-state index is -0.0862. The number of nitrogens with two attached hydrogens (primary N) is 1. The lowest BCUT2D eigenvalue weighted by Gasteiger charge is -2.25. The molecule has 1 heterocycles. The average molecular weight is 292 g/mol. The number of carbonyl (C=O) groups is 1. The first-order chi connectivity index (χ1) is 9.49. The molecule has 1 aromatic rings. The van der Waals surface area contributed by atoms with Gasteiger partial charge in [-0.05, 0) is 25.0 Å². The molecular formula is C14H20N4OS. The Bertz CT molecular complexity index is 514. The molecule has 0 radical (unpaired) electrons. The molecule has 0 aliphatic heterocycles. The molecule has 1 aliphatic rings. The lowest BCUT2D eigenvalue weighted by Crippen LogP contribution is -2.30.